The van der Waals surface area contributed by atoms with E-state index in [1.54, 1.807) is 19.2 Å². The predicted molar refractivity (Wildman–Crippen MR) is 118 cm³/mol. The first-order valence-electron chi connectivity index (χ1n) is 10.8. The Morgan fingerprint density at radius 2 is 2.03 bits per heavy atom. The van der Waals surface area contributed by atoms with Gasteiger partial charge < -0.3 is 9.64 Å². The number of esters is 1. The molecule has 2 atom stereocenters. The van der Waals surface area contributed by atoms with Crippen LogP contribution >= 0.6 is 0 Å². The molecule has 2 aromatic rings. The Kier molecular flexibility index (Phi) is 9.02. The molecule has 1 aromatic carbocycles. The van der Waals surface area contributed by atoms with Gasteiger partial charge in [-0.1, -0.05) is 33.6 Å². The Bertz CT molecular complexity index is 820. The molecule has 1 unspecified atom stereocenters. The minimum atomic E-state index is -0.340. The lowest BCUT2D eigenvalue weighted by atomic mass is 9.85. The first-order chi connectivity index (χ1) is 14.4. The Morgan fingerprint density at radius 1 is 1.27 bits per heavy atom. The molecule has 0 saturated heterocycles. The van der Waals surface area contributed by atoms with E-state index in [4.69, 9.17) is 4.74 Å². The van der Waals surface area contributed by atoms with Gasteiger partial charge >= 0.3 is 5.97 Å². The summed E-state index contributed by atoms with van der Waals surface area (Å²) in [6.07, 6.45) is 8.43. The number of H-pyrrole nitrogens is 1. The predicted octanol–water partition coefficient (Wildman–Crippen LogP) is 4.33. The molecule has 30 heavy (non-hydrogen) atoms. The number of methoxy groups -OCH3 is 1. The van der Waals surface area contributed by atoms with Crippen molar-refractivity contribution >= 4 is 17.6 Å². The number of anilines is 1. The molecule has 164 valence electrons. The van der Waals surface area contributed by atoms with Crippen LogP contribution in [0.25, 0.3) is 0 Å². The van der Waals surface area contributed by atoms with Gasteiger partial charge in [0.25, 0.3) is 0 Å². The normalized spacial score (nSPS) is 17.6. The Balaban J connectivity index is 0.000000269. The molecule has 0 bridgehead atoms. The smallest absolute Gasteiger partial charge is 0.337 e. The number of aryl methyl sites for hydroxylation is 1. The fraction of sp³-hybridized carbons (Fsp3) is 0.565. The molecule has 1 N–H and O–H groups in total. The van der Waals surface area contributed by atoms with E-state index < -0.39 is 0 Å². The highest BCUT2D eigenvalue weighted by molar-refractivity contribution is 5.95. The Labute approximate surface area is 179 Å². The number of carbonyl (C=O) groups excluding carboxylic acids is 2. The van der Waals surface area contributed by atoms with Crippen LogP contribution in [0.2, 0.25) is 0 Å². The fourth-order valence-corrected chi connectivity index (χ4v) is 4.03. The third-order valence-corrected chi connectivity index (χ3v) is 5.55. The second-order valence-corrected chi connectivity index (χ2v) is 7.80. The molecule has 0 radical (unpaired) electrons. The van der Waals surface area contributed by atoms with Gasteiger partial charge in [0.15, 0.2) is 0 Å². The summed E-state index contributed by atoms with van der Waals surface area (Å²) in [4.78, 5) is 25.5. The minimum Gasteiger partial charge on any atom is -0.465 e. The van der Waals surface area contributed by atoms with E-state index in [1.165, 1.54) is 26.4 Å². The van der Waals surface area contributed by atoms with Crippen LogP contribution in [0.5, 0.6) is 0 Å². The monoisotopic (exact) mass is 414 g/mol. The molecule has 3 rings (SSSR count). The van der Waals surface area contributed by atoms with Crippen molar-refractivity contribution < 1.29 is 14.3 Å². The molecule has 7 heteroatoms. The first kappa shape index (κ1) is 23.6. The zero-order chi connectivity index (χ0) is 22.1. The molecule has 7 nitrogen and oxygen atoms in total. The number of unbranched alkanes of at least 4 members (excludes halogenated alkanes) is 2. The molecule has 0 fully saturated rings. The summed E-state index contributed by atoms with van der Waals surface area (Å²) < 4.78 is 4.75. The van der Waals surface area contributed by atoms with Crippen LogP contribution in [0.15, 0.2) is 24.4 Å². The highest BCUT2D eigenvalue weighted by Crippen LogP contribution is 2.35. The van der Waals surface area contributed by atoms with Crippen molar-refractivity contribution in [2.24, 2.45) is 5.92 Å². The van der Waals surface area contributed by atoms with Crippen LogP contribution in [0.1, 0.15) is 75.0 Å². The van der Waals surface area contributed by atoms with Crippen molar-refractivity contribution in [1.29, 1.82) is 0 Å². The summed E-state index contributed by atoms with van der Waals surface area (Å²) in [6.45, 7) is 8.05. The highest BCUT2D eigenvalue weighted by atomic mass is 16.5. The third kappa shape index (κ3) is 5.90. The van der Waals surface area contributed by atoms with Gasteiger partial charge in [-0.15, -0.1) is 0 Å². The second kappa shape index (κ2) is 11.5. The highest BCUT2D eigenvalue weighted by Gasteiger charge is 2.33. The van der Waals surface area contributed by atoms with Gasteiger partial charge in [0, 0.05) is 18.7 Å². The standard InChI is InChI=1S/C16H21NO3.C7H13N3/c1-5-14-10(2)8-13-9-12(16(19)20-4)6-7-15(13)17(14)11(3)18;1-2-3-4-5-7-6-8-10-9-7/h6-7,9-10,14H,5,8H2,1-4H3;6H,2-5H2,1H3,(H,8,9,10)/t10?,14-;/m1./s1. The van der Waals surface area contributed by atoms with E-state index in [2.05, 4.69) is 36.2 Å². The second-order valence-electron chi connectivity index (χ2n) is 7.80. The topological polar surface area (TPSA) is 88.2 Å². The first-order valence-corrected chi connectivity index (χ1v) is 10.8. The lowest BCUT2D eigenvalue weighted by Gasteiger charge is -2.40. The van der Waals surface area contributed by atoms with Gasteiger partial charge in [0.05, 0.1) is 24.6 Å². The van der Waals surface area contributed by atoms with Crippen molar-refractivity contribution in [3.8, 4) is 0 Å². The number of fused-ring (bicyclic) bond motifs is 1. The van der Waals surface area contributed by atoms with Gasteiger partial charge in [0.2, 0.25) is 5.91 Å². The maximum absolute atomic E-state index is 12.0. The van der Waals surface area contributed by atoms with Crippen LogP contribution < -0.4 is 4.90 Å². The largest absolute Gasteiger partial charge is 0.465 e. The number of benzene rings is 1. The van der Waals surface area contributed by atoms with Crippen molar-refractivity contribution in [3.63, 3.8) is 0 Å². The zero-order valence-corrected chi connectivity index (χ0v) is 18.8. The van der Waals surface area contributed by atoms with Gasteiger partial charge in [0.1, 0.15) is 0 Å². The van der Waals surface area contributed by atoms with E-state index in [9.17, 15) is 9.59 Å². The lowest BCUT2D eigenvalue weighted by Crippen LogP contribution is -2.46. The Hall–Kier alpha value is -2.70. The van der Waals surface area contributed by atoms with E-state index in [0.29, 0.717) is 11.5 Å². The van der Waals surface area contributed by atoms with Gasteiger partial charge in [-0.2, -0.15) is 15.4 Å². The molecule has 0 saturated carbocycles. The van der Waals surface area contributed by atoms with Gasteiger partial charge in [-0.25, -0.2) is 4.79 Å². The zero-order valence-electron chi connectivity index (χ0n) is 18.8. The summed E-state index contributed by atoms with van der Waals surface area (Å²) in [5.41, 5.74) is 3.58. The fourth-order valence-electron chi connectivity index (χ4n) is 4.03. The number of ether oxygens (including phenoxy) is 1. The van der Waals surface area contributed by atoms with Crippen molar-refractivity contribution in [2.75, 3.05) is 12.0 Å². The molecule has 0 aliphatic carbocycles. The molecule has 1 aromatic heterocycles. The summed E-state index contributed by atoms with van der Waals surface area (Å²) in [5.74, 6) is 0.0900. The van der Waals surface area contributed by atoms with E-state index in [-0.39, 0.29) is 17.9 Å². The number of rotatable bonds is 6. The maximum Gasteiger partial charge on any atom is 0.337 e. The minimum absolute atomic E-state index is 0.0514. The average molecular weight is 415 g/mol. The van der Waals surface area contributed by atoms with Gasteiger partial charge in [-0.3, -0.25) is 4.79 Å². The van der Waals surface area contributed by atoms with E-state index in [1.807, 2.05) is 17.0 Å². The number of aromatic nitrogens is 3. The number of nitrogens with one attached hydrogen (secondary N) is 1. The molecule has 2 heterocycles. The number of carbonyl (C=O) groups is 2. The molecular formula is C23H34N4O3. The molecule has 0 spiro atoms. The van der Waals surface area contributed by atoms with E-state index >= 15 is 0 Å². The van der Waals surface area contributed by atoms with Crippen LogP contribution in [0.3, 0.4) is 0 Å². The SMILES string of the molecule is CCCCCc1cn[nH]n1.CC[C@@H]1C(C)Cc2cc(C(=O)OC)ccc2N1C(C)=O. The number of amides is 1. The lowest BCUT2D eigenvalue weighted by molar-refractivity contribution is -0.117. The average Bonchev–Trinajstić information content (AvgIpc) is 3.25. The maximum atomic E-state index is 12.0. The van der Waals surface area contributed by atoms with Crippen LogP contribution in [-0.2, 0) is 22.4 Å². The van der Waals surface area contributed by atoms with Gasteiger partial charge in [-0.05, 0) is 55.4 Å². The summed E-state index contributed by atoms with van der Waals surface area (Å²) in [7, 11) is 1.37. The van der Waals surface area contributed by atoms with E-state index in [0.717, 1.165) is 36.2 Å². The van der Waals surface area contributed by atoms with Crippen LogP contribution in [0, 0.1) is 5.92 Å². The molecule has 1 amide bonds. The number of hydrogen-bond acceptors (Lipinski definition) is 5. The Morgan fingerprint density at radius 3 is 2.60 bits per heavy atom. The van der Waals surface area contributed by atoms with Crippen molar-refractivity contribution in [3.05, 3.63) is 41.2 Å². The molecule has 1 aliphatic heterocycles. The summed E-state index contributed by atoms with van der Waals surface area (Å²) >= 11 is 0. The summed E-state index contributed by atoms with van der Waals surface area (Å²) in [5, 5.41) is 10.3. The summed E-state index contributed by atoms with van der Waals surface area (Å²) in [6, 6.07) is 5.66. The van der Waals surface area contributed by atoms with Crippen molar-refractivity contribution in [1.82, 2.24) is 15.4 Å². The molecular weight excluding hydrogens is 380 g/mol. The number of aromatic amines is 1. The number of nitrogens with zero attached hydrogens (tertiary/aromatic N) is 3. The number of hydrogen-bond donors (Lipinski definition) is 1. The van der Waals surface area contributed by atoms with Crippen molar-refractivity contribution in [2.45, 2.75) is 72.3 Å². The third-order valence-electron chi connectivity index (χ3n) is 5.55. The quantitative estimate of drug-likeness (QED) is 0.561. The van der Waals surface area contributed by atoms with Crippen LogP contribution in [-0.4, -0.2) is 40.4 Å². The molecule has 1 aliphatic rings. The van der Waals surface area contributed by atoms with Crippen LogP contribution in [0.4, 0.5) is 5.69 Å².